The first kappa shape index (κ1) is 27.9. The van der Waals surface area contributed by atoms with E-state index < -0.39 is 47.7 Å². The van der Waals surface area contributed by atoms with E-state index >= 15 is 0 Å². The van der Waals surface area contributed by atoms with E-state index in [1.807, 2.05) is 0 Å². The lowest BCUT2D eigenvalue weighted by Gasteiger charge is -2.31. The Bertz CT molecular complexity index is 723. The second kappa shape index (κ2) is 12.9. The number of fused-ring (bicyclic) bond motifs is 1. The van der Waals surface area contributed by atoms with Crippen LogP contribution < -0.4 is 16.4 Å². The molecular formula is C24H42N4O6. The molecule has 0 bridgehead atoms. The van der Waals surface area contributed by atoms with Crippen molar-refractivity contribution in [2.75, 3.05) is 6.54 Å². The fraction of sp³-hybridized carbons (Fsp3) is 0.833. The number of nitrogens with two attached hydrogens (primary N) is 1. The summed E-state index contributed by atoms with van der Waals surface area (Å²) in [6, 6.07) is -2.32. The van der Waals surface area contributed by atoms with E-state index in [1.54, 1.807) is 20.8 Å². The van der Waals surface area contributed by atoms with Gasteiger partial charge in [-0.05, 0) is 46.5 Å². The van der Waals surface area contributed by atoms with Crippen molar-refractivity contribution in [1.82, 2.24) is 15.5 Å². The second-order valence-electron chi connectivity index (χ2n) is 10.4. The number of ether oxygens (including phenoxy) is 1. The summed E-state index contributed by atoms with van der Waals surface area (Å²) in [5, 5.41) is 15.7. The first-order valence-corrected chi connectivity index (χ1v) is 12.6. The number of carbonyl (C=O) groups excluding carboxylic acids is 4. The van der Waals surface area contributed by atoms with Crippen LogP contribution in [0, 0.1) is 0 Å². The molecule has 0 radical (unpaired) electrons. The number of alkyl carbamates (subject to hydrolysis) is 1. The molecule has 0 spiro atoms. The van der Waals surface area contributed by atoms with E-state index in [-0.39, 0.29) is 5.91 Å². The van der Waals surface area contributed by atoms with Crippen molar-refractivity contribution < 1.29 is 29.0 Å². The highest BCUT2D eigenvalue weighted by Crippen LogP contribution is 2.22. The Balaban J connectivity index is 2.20. The highest BCUT2D eigenvalue weighted by Gasteiger charge is 2.39. The van der Waals surface area contributed by atoms with E-state index in [1.165, 1.54) is 4.90 Å². The standard InChI is InChI=1S/C24H42N4O6/c1-24(2,3)34-23(33)27-17-13-10-8-6-4-5-7-9-12-16(19(29)20(25)30)26-21(31)18-14-11-15-28(18)22(17)32/h16-19,29H,4-15H2,1-3H3,(H2,25,30)(H,26,31)(H,27,33)/t16-,17-,18-,19?/m0/s1. The Morgan fingerprint density at radius 3 is 2.21 bits per heavy atom. The van der Waals surface area contributed by atoms with E-state index in [0.29, 0.717) is 32.2 Å². The molecule has 2 saturated heterocycles. The van der Waals surface area contributed by atoms with Crippen LogP contribution in [-0.4, -0.2) is 70.2 Å². The molecule has 0 aromatic heterocycles. The van der Waals surface area contributed by atoms with Crippen LogP contribution in [0.15, 0.2) is 0 Å². The van der Waals surface area contributed by atoms with Crippen LogP contribution in [0.1, 0.15) is 91.4 Å². The number of nitrogens with zero attached hydrogens (tertiary/aromatic N) is 1. The normalized spacial score (nSPS) is 26.8. The summed E-state index contributed by atoms with van der Waals surface area (Å²) in [4.78, 5) is 52.1. The van der Waals surface area contributed by atoms with Gasteiger partial charge in [-0.1, -0.05) is 44.9 Å². The van der Waals surface area contributed by atoms with E-state index in [2.05, 4.69) is 10.6 Å². The number of primary amides is 1. The van der Waals surface area contributed by atoms with E-state index in [9.17, 15) is 24.3 Å². The predicted octanol–water partition coefficient (Wildman–Crippen LogP) is 1.73. The van der Waals surface area contributed by atoms with Gasteiger partial charge in [0.2, 0.25) is 17.7 Å². The third kappa shape index (κ3) is 8.77. The van der Waals surface area contributed by atoms with Crippen molar-refractivity contribution in [2.24, 2.45) is 5.73 Å². The van der Waals surface area contributed by atoms with Gasteiger partial charge in [0, 0.05) is 6.54 Å². The molecule has 0 aromatic carbocycles. The van der Waals surface area contributed by atoms with Gasteiger partial charge in [-0.2, -0.15) is 0 Å². The maximum atomic E-state index is 13.4. The zero-order chi connectivity index (χ0) is 25.3. The number of amides is 4. The monoisotopic (exact) mass is 482 g/mol. The summed E-state index contributed by atoms with van der Waals surface area (Å²) in [5.74, 6) is -1.62. The van der Waals surface area contributed by atoms with Crippen molar-refractivity contribution in [1.29, 1.82) is 0 Å². The van der Waals surface area contributed by atoms with Crippen LogP contribution in [0.5, 0.6) is 0 Å². The second-order valence-corrected chi connectivity index (χ2v) is 10.4. The molecule has 1 unspecified atom stereocenters. The van der Waals surface area contributed by atoms with Crippen molar-refractivity contribution >= 4 is 23.8 Å². The van der Waals surface area contributed by atoms with Crippen molar-refractivity contribution in [3.05, 3.63) is 0 Å². The Hall–Kier alpha value is -2.36. The molecule has 10 heteroatoms. The third-order valence-corrected chi connectivity index (χ3v) is 6.34. The summed E-state index contributed by atoms with van der Waals surface area (Å²) in [5.41, 5.74) is 4.60. The van der Waals surface area contributed by atoms with Gasteiger partial charge in [-0.3, -0.25) is 14.4 Å². The SMILES string of the molecule is CC(C)(C)OC(=O)N[C@H]1CCCCCCCCC[C@@H](C(O)C(N)=O)NC(=O)[C@@H]2CCCN2C1=O. The molecule has 2 aliphatic rings. The number of aliphatic hydroxyl groups excluding tert-OH is 1. The molecule has 10 nitrogen and oxygen atoms in total. The van der Waals surface area contributed by atoms with Crippen LogP contribution in [0.25, 0.3) is 0 Å². The van der Waals surface area contributed by atoms with Gasteiger partial charge < -0.3 is 31.1 Å². The highest BCUT2D eigenvalue weighted by atomic mass is 16.6. The largest absolute Gasteiger partial charge is 0.444 e. The molecule has 0 aromatic rings. The molecule has 0 saturated carbocycles. The average Bonchev–Trinajstić information content (AvgIpc) is 3.23. The Morgan fingerprint density at radius 2 is 1.62 bits per heavy atom. The number of nitrogens with one attached hydrogen (secondary N) is 2. The average molecular weight is 483 g/mol. The topological polar surface area (TPSA) is 151 Å². The summed E-state index contributed by atoms with van der Waals surface area (Å²) in [6.07, 6.45) is 6.30. The minimum atomic E-state index is -1.49. The minimum Gasteiger partial charge on any atom is -0.444 e. The molecule has 4 atom stereocenters. The Kier molecular flexibility index (Phi) is 10.6. The quantitative estimate of drug-likeness (QED) is 0.481. The maximum Gasteiger partial charge on any atom is 0.408 e. The maximum absolute atomic E-state index is 13.4. The zero-order valence-corrected chi connectivity index (χ0v) is 20.8. The predicted molar refractivity (Wildman–Crippen MR) is 127 cm³/mol. The van der Waals surface area contributed by atoms with Crippen LogP contribution >= 0.6 is 0 Å². The number of rotatable bonds is 3. The Labute approximate surface area is 202 Å². The van der Waals surface area contributed by atoms with Crippen LogP contribution in [0.4, 0.5) is 4.79 Å². The van der Waals surface area contributed by atoms with Crippen molar-refractivity contribution in [3.8, 4) is 0 Å². The fourth-order valence-electron chi connectivity index (χ4n) is 4.59. The molecule has 4 amide bonds. The van der Waals surface area contributed by atoms with Crippen LogP contribution in [0.2, 0.25) is 0 Å². The van der Waals surface area contributed by atoms with E-state index in [0.717, 1.165) is 44.9 Å². The first-order chi connectivity index (χ1) is 16.0. The van der Waals surface area contributed by atoms with Crippen LogP contribution in [-0.2, 0) is 19.1 Å². The van der Waals surface area contributed by atoms with Gasteiger partial charge in [0.25, 0.3) is 0 Å². The van der Waals surface area contributed by atoms with Crippen molar-refractivity contribution in [3.63, 3.8) is 0 Å². The summed E-state index contributed by atoms with van der Waals surface area (Å²) >= 11 is 0. The Morgan fingerprint density at radius 1 is 1.03 bits per heavy atom. The van der Waals surface area contributed by atoms with Crippen molar-refractivity contribution in [2.45, 2.75) is 121 Å². The summed E-state index contributed by atoms with van der Waals surface area (Å²) < 4.78 is 5.35. The number of hydrogen-bond acceptors (Lipinski definition) is 6. The molecule has 0 aliphatic carbocycles. The number of aliphatic hydroxyl groups is 1. The fourth-order valence-corrected chi connectivity index (χ4v) is 4.59. The molecule has 2 aliphatic heterocycles. The molecule has 194 valence electrons. The number of hydrogen-bond donors (Lipinski definition) is 4. The van der Waals surface area contributed by atoms with Gasteiger partial charge in [0.1, 0.15) is 17.7 Å². The van der Waals surface area contributed by atoms with Gasteiger partial charge in [0.05, 0.1) is 6.04 Å². The lowest BCUT2D eigenvalue weighted by atomic mass is 9.99. The summed E-state index contributed by atoms with van der Waals surface area (Å²) in [7, 11) is 0. The van der Waals surface area contributed by atoms with Gasteiger partial charge >= 0.3 is 6.09 Å². The first-order valence-electron chi connectivity index (χ1n) is 12.6. The molecule has 34 heavy (non-hydrogen) atoms. The van der Waals surface area contributed by atoms with Crippen LogP contribution in [0.3, 0.4) is 0 Å². The smallest absolute Gasteiger partial charge is 0.408 e. The molecule has 2 heterocycles. The van der Waals surface area contributed by atoms with Gasteiger partial charge in [-0.15, -0.1) is 0 Å². The van der Waals surface area contributed by atoms with Gasteiger partial charge in [0.15, 0.2) is 6.10 Å². The molecule has 5 N–H and O–H groups in total. The minimum absolute atomic E-state index is 0.317. The van der Waals surface area contributed by atoms with E-state index in [4.69, 9.17) is 10.5 Å². The third-order valence-electron chi connectivity index (χ3n) is 6.34. The molecule has 2 rings (SSSR count). The lowest BCUT2D eigenvalue weighted by molar-refractivity contribution is -0.141. The zero-order valence-electron chi connectivity index (χ0n) is 20.8. The molecule has 2 fully saturated rings. The number of carbonyl (C=O) groups is 4. The summed E-state index contributed by atoms with van der Waals surface area (Å²) in [6.45, 7) is 5.66. The highest BCUT2D eigenvalue weighted by molar-refractivity contribution is 5.92. The van der Waals surface area contributed by atoms with Gasteiger partial charge in [-0.25, -0.2) is 4.79 Å². The molecular weight excluding hydrogens is 440 g/mol. The lowest BCUT2D eigenvalue weighted by Crippen LogP contribution is -2.57.